The van der Waals surface area contributed by atoms with Crippen LogP contribution in [0.25, 0.3) is 0 Å². The summed E-state index contributed by atoms with van der Waals surface area (Å²) in [6.45, 7) is 8.69. The average Bonchev–Trinajstić information content (AvgIpc) is 2.15. The molecule has 0 heterocycles. The average molecular weight is 200 g/mol. The Balaban J connectivity index is 3.82. The third kappa shape index (κ3) is 5.22. The van der Waals surface area contributed by atoms with Gasteiger partial charge in [-0.25, -0.2) is 0 Å². The van der Waals surface area contributed by atoms with Crippen LogP contribution in [0, 0.1) is 11.8 Å². The molecular weight excluding hydrogens is 176 g/mol. The van der Waals surface area contributed by atoms with Crippen LogP contribution in [0.1, 0.15) is 40.5 Å². The van der Waals surface area contributed by atoms with Crippen LogP contribution in [-0.2, 0) is 4.79 Å². The lowest BCUT2D eigenvalue weighted by atomic mass is 10.00. The Morgan fingerprint density at radius 2 is 1.93 bits per heavy atom. The van der Waals surface area contributed by atoms with E-state index in [4.69, 9.17) is 5.73 Å². The molecule has 0 aliphatic rings. The van der Waals surface area contributed by atoms with Gasteiger partial charge < -0.3 is 11.1 Å². The third-order valence-corrected chi connectivity index (χ3v) is 2.64. The molecule has 14 heavy (non-hydrogen) atoms. The molecule has 0 aliphatic heterocycles. The molecule has 0 saturated heterocycles. The molecule has 0 aliphatic carbocycles. The predicted molar refractivity (Wildman–Crippen MR) is 59.9 cm³/mol. The maximum absolute atomic E-state index is 11.5. The summed E-state index contributed by atoms with van der Waals surface area (Å²) < 4.78 is 0. The highest BCUT2D eigenvalue weighted by molar-refractivity contribution is 5.78. The van der Waals surface area contributed by atoms with Gasteiger partial charge in [0.15, 0.2) is 0 Å². The summed E-state index contributed by atoms with van der Waals surface area (Å²) in [5.41, 5.74) is 5.42. The SMILES string of the molecule is CCC(C)CC(C)NC(=O)C(C)CN. The number of nitrogens with one attached hydrogen (secondary N) is 1. The molecule has 0 fully saturated rings. The second kappa shape index (κ2) is 6.82. The maximum Gasteiger partial charge on any atom is 0.224 e. The van der Waals surface area contributed by atoms with Crippen LogP contribution in [0.4, 0.5) is 0 Å². The molecule has 3 heteroatoms. The molecule has 3 unspecified atom stereocenters. The van der Waals surface area contributed by atoms with Gasteiger partial charge in [0.25, 0.3) is 0 Å². The minimum atomic E-state index is -0.0746. The van der Waals surface area contributed by atoms with Crippen molar-refractivity contribution >= 4 is 5.91 Å². The van der Waals surface area contributed by atoms with Gasteiger partial charge in [-0.1, -0.05) is 27.2 Å². The van der Waals surface area contributed by atoms with Crippen molar-refractivity contribution in [3.8, 4) is 0 Å². The van der Waals surface area contributed by atoms with E-state index in [1.807, 2.05) is 13.8 Å². The number of hydrogen-bond acceptors (Lipinski definition) is 2. The summed E-state index contributed by atoms with van der Waals surface area (Å²) in [6.07, 6.45) is 2.20. The number of carbonyl (C=O) groups excluding carboxylic acids is 1. The van der Waals surface area contributed by atoms with Gasteiger partial charge in [0.1, 0.15) is 0 Å². The molecule has 0 saturated carbocycles. The van der Waals surface area contributed by atoms with E-state index in [-0.39, 0.29) is 17.9 Å². The standard InChI is InChI=1S/C11H24N2O/c1-5-8(2)6-10(4)13-11(14)9(3)7-12/h8-10H,5-7,12H2,1-4H3,(H,13,14). The minimum Gasteiger partial charge on any atom is -0.353 e. The van der Waals surface area contributed by atoms with Gasteiger partial charge in [-0.05, 0) is 19.3 Å². The lowest BCUT2D eigenvalue weighted by Gasteiger charge is -2.19. The predicted octanol–water partition coefficient (Wildman–Crippen LogP) is 1.52. The molecule has 0 aromatic heterocycles. The molecule has 0 aromatic rings. The zero-order valence-corrected chi connectivity index (χ0v) is 9.84. The lowest BCUT2D eigenvalue weighted by molar-refractivity contribution is -0.124. The summed E-state index contributed by atoms with van der Waals surface area (Å²) >= 11 is 0. The molecule has 0 radical (unpaired) electrons. The molecule has 3 nitrogen and oxygen atoms in total. The van der Waals surface area contributed by atoms with Gasteiger partial charge in [0, 0.05) is 18.5 Å². The van der Waals surface area contributed by atoms with Gasteiger partial charge in [-0.3, -0.25) is 4.79 Å². The van der Waals surface area contributed by atoms with Crippen LogP contribution in [0.2, 0.25) is 0 Å². The Bertz CT molecular complexity index is 171. The molecular formula is C11H24N2O. The first-order valence-corrected chi connectivity index (χ1v) is 5.51. The van der Waals surface area contributed by atoms with E-state index in [1.165, 1.54) is 0 Å². The first kappa shape index (κ1) is 13.4. The summed E-state index contributed by atoms with van der Waals surface area (Å²) in [5, 5.41) is 2.98. The Morgan fingerprint density at radius 3 is 2.36 bits per heavy atom. The Kier molecular flexibility index (Phi) is 6.54. The van der Waals surface area contributed by atoms with E-state index < -0.39 is 0 Å². The zero-order chi connectivity index (χ0) is 11.1. The quantitative estimate of drug-likeness (QED) is 0.683. The summed E-state index contributed by atoms with van der Waals surface area (Å²) in [6, 6.07) is 0.256. The molecule has 84 valence electrons. The van der Waals surface area contributed by atoms with Crippen molar-refractivity contribution in [3.63, 3.8) is 0 Å². The second-order valence-corrected chi connectivity index (χ2v) is 4.30. The van der Waals surface area contributed by atoms with Crippen molar-refractivity contribution in [1.82, 2.24) is 5.32 Å². The van der Waals surface area contributed by atoms with Crippen molar-refractivity contribution in [3.05, 3.63) is 0 Å². The first-order chi connectivity index (χ1) is 6.51. The van der Waals surface area contributed by atoms with Gasteiger partial charge in [0.2, 0.25) is 5.91 Å². The number of hydrogen-bond donors (Lipinski definition) is 2. The van der Waals surface area contributed by atoms with Crippen molar-refractivity contribution in [2.45, 2.75) is 46.6 Å². The van der Waals surface area contributed by atoms with Gasteiger partial charge in [-0.2, -0.15) is 0 Å². The smallest absolute Gasteiger partial charge is 0.224 e. The number of amides is 1. The highest BCUT2D eigenvalue weighted by atomic mass is 16.1. The van der Waals surface area contributed by atoms with E-state index in [9.17, 15) is 4.79 Å². The van der Waals surface area contributed by atoms with Gasteiger partial charge >= 0.3 is 0 Å². The van der Waals surface area contributed by atoms with Crippen LogP contribution in [-0.4, -0.2) is 18.5 Å². The summed E-state index contributed by atoms with van der Waals surface area (Å²) in [7, 11) is 0. The van der Waals surface area contributed by atoms with Crippen LogP contribution in [0.5, 0.6) is 0 Å². The Hall–Kier alpha value is -0.570. The lowest BCUT2D eigenvalue weighted by Crippen LogP contribution is -2.39. The van der Waals surface area contributed by atoms with Gasteiger partial charge in [-0.15, -0.1) is 0 Å². The second-order valence-electron chi connectivity index (χ2n) is 4.30. The first-order valence-electron chi connectivity index (χ1n) is 5.51. The maximum atomic E-state index is 11.5. The molecule has 0 aromatic carbocycles. The van der Waals surface area contributed by atoms with Crippen molar-refractivity contribution < 1.29 is 4.79 Å². The molecule has 1 amide bonds. The fourth-order valence-corrected chi connectivity index (χ4v) is 1.32. The minimum absolute atomic E-state index is 0.0725. The fraction of sp³-hybridized carbons (Fsp3) is 0.909. The topological polar surface area (TPSA) is 55.1 Å². The molecule has 0 spiro atoms. The van der Waals surface area contributed by atoms with Crippen molar-refractivity contribution in [2.24, 2.45) is 17.6 Å². The van der Waals surface area contributed by atoms with E-state index in [0.717, 1.165) is 12.8 Å². The normalized spacial score (nSPS) is 17.2. The summed E-state index contributed by atoms with van der Waals surface area (Å²) in [5.74, 6) is 0.663. The number of rotatable bonds is 6. The monoisotopic (exact) mass is 200 g/mol. The van der Waals surface area contributed by atoms with Crippen LogP contribution in [0.15, 0.2) is 0 Å². The Morgan fingerprint density at radius 1 is 1.36 bits per heavy atom. The molecule has 3 atom stereocenters. The van der Waals surface area contributed by atoms with Crippen molar-refractivity contribution in [2.75, 3.05) is 6.54 Å². The van der Waals surface area contributed by atoms with Crippen LogP contribution >= 0.6 is 0 Å². The highest BCUT2D eigenvalue weighted by Gasteiger charge is 2.14. The Labute approximate surface area is 87.4 Å². The molecule has 3 N–H and O–H groups in total. The van der Waals surface area contributed by atoms with E-state index >= 15 is 0 Å². The van der Waals surface area contributed by atoms with Crippen LogP contribution < -0.4 is 11.1 Å². The summed E-state index contributed by atoms with van der Waals surface area (Å²) in [4.78, 5) is 11.5. The van der Waals surface area contributed by atoms with Gasteiger partial charge in [0.05, 0.1) is 0 Å². The van der Waals surface area contributed by atoms with Crippen molar-refractivity contribution in [1.29, 1.82) is 0 Å². The zero-order valence-electron chi connectivity index (χ0n) is 9.84. The van der Waals surface area contributed by atoms with E-state index in [0.29, 0.717) is 12.5 Å². The molecule has 0 rings (SSSR count). The molecule has 0 bridgehead atoms. The van der Waals surface area contributed by atoms with E-state index in [2.05, 4.69) is 19.2 Å². The largest absolute Gasteiger partial charge is 0.353 e. The van der Waals surface area contributed by atoms with E-state index in [1.54, 1.807) is 0 Å². The number of carbonyl (C=O) groups is 1. The number of nitrogens with two attached hydrogens (primary N) is 1. The third-order valence-electron chi connectivity index (χ3n) is 2.64. The highest BCUT2D eigenvalue weighted by Crippen LogP contribution is 2.09. The van der Waals surface area contributed by atoms with Crippen LogP contribution in [0.3, 0.4) is 0 Å². The fourth-order valence-electron chi connectivity index (χ4n) is 1.32.